The van der Waals surface area contributed by atoms with Crippen LogP contribution in [0.25, 0.3) is 0 Å². The number of carbonyl (C=O) groups excluding carboxylic acids is 3. The van der Waals surface area contributed by atoms with Gasteiger partial charge in [0.2, 0.25) is 13.6 Å². The molecule has 0 aliphatic heterocycles. The van der Waals surface area contributed by atoms with Crippen LogP contribution in [0.15, 0.2) is 60.7 Å². The Kier molecular flexibility index (Phi) is 14.1. The van der Waals surface area contributed by atoms with E-state index in [4.69, 9.17) is 33.2 Å². The van der Waals surface area contributed by atoms with Crippen molar-refractivity contribution in [3.63, 3.8) is 0 Å². The molecule has 1 unspecified atom stereocenters. The maximum Gasteiger partial charge on any atom is 0.335 e. The van der Waals surface area contributed by atoms with Crippen LogP contribution in [-0.4, -0.2) is 50.0 Å². The fraction of sp³-hybridized carbons (Fsp3) is 0.472. The zero-order valence-corrected chi connectivity index (χ0v) is 27.6. The zero-order valence-electron chi connectivity index (χ0n) is 27.6. The molecule has 2 aromatic carbocycles. The summed E-state index contributed by atoms with van der Waals surface area (Å²) in [5.41, 5.74) is 3.48. The quantitative estimate of drug-likeness (QED) is 0.0790. The van der Waals surface area contributed by atoms with Crippen LogP contribution >= 0.6 is 0 Å². The molecule has 2 aromatic rings. The molecular formula is C36H46O10. The summed E-state index contributed by atoms with van der Waals surface area (Å²) < 4.78 is 39.1. The number of rotatable bonds is 17. The summed E-state index contributed by atoms with van der Waals surface area (Å²) in [4.78, 5) is 35.6. The van der Waals surface area contributed by atoms with Gasteiger partial charge in [0, 0.05) is 24.0 Å². The average Bonchev–Trinajstić information content (AvgIpc) is 3.02. The molecule has 1 aliphatic rings. The van der Waals surface area contributed by atoms with Crippen molar-refractivity contribution in [3.05, 3.63) is 77.4 Å². The van der Waals surface area contributed by atoms with Crippen LogP contribution in [0, 0.1) is 13.8 Å². The molecule has 0 radical (unpaired) electrons. The van der Waals surface area contributed by atoms with Crippen molar-refractivity contribution in [1.29, 1.82) is 0 Å². The lowest BCUT2D eigenvalue weighted by Gasteiger charge is -2.31. The van der Waals surface area contributed by atoms with E-state index in [1.165, 1.54) is 0 Å². The predicted octanol–water partition coefficient (Wildman–Crippen LogP) is 6.83. The monoisotopic (exact) mass is 638 g/mol. The van der Waals surface area contributed by atoms with Gasteiger partial charge in [-0.05, 0) is 107 Å². The standard InChI is InChI=1S/C36H46O10/c1-8-34(46-32-17-16-31(20-26(32)7)41-22-43-36(39)24(4)5)45-29-14-12-28(13-15-29)44-33(37)18-10-27-9-11-30(19-25(27)6)40-21-42-35(38)23(2)3/h9,11,16-17,19-20,28-29,34H,2,4,8,10,12-15,18,21-22H2,1,3,5-7H3. The van der Waals surface area contributed by atoms with E-state index >= 15 is 0 Å². The highest BCUT2D eigenvalue weighted by atomic mass is 16.7. The van der Waals surface area contributed by atoms with Crippen LogP contribution in [0.1, 0.15) is 76.0 Å². The van der Waals surface area contributed by atoms with Gasteiger partial charge in [0.05, 0.1) is 6.10 Å². The van der Waals surface area contributed by atoms with E-state index in [1.54, 1.807) is 26.0 Å². The molecule has 0 spiro atoms. The van der Waals surface area contributed by atoms with Gasteiger partial charge < -0.3 is 33.2 Å². The van der Waals surface area contributed by atoms with Crippen molar-refractivity contribution in [2.75, 3.05) is 13.6 Å². The van der Waals surface area contributed by atoms with Crippen molar-refractivity contribution in [2.24, 2.45) is 0 Å². The first-order chi connectivity index (χ1) is 21.9. The van der Waals surface area contributed by atoms with Gasteiger partial charge in [-0.1, -0.05) is 26.1 Å². The minimum absolute atomic E-state index is 0.0125. The number of benzene rings is 2. The van der Waals surface area contributed by atoms with Gasteiger partial charge in [0.15, 0.2) is 6.29 Å². The summed E-state index contributed by atoms with van der Waals surface area (Å²) in [7, 11) is 0. The second kappa shape index (κ2) is 18.0. The molecule has 0 heterocycles. The predicted molar refractivity (Wildman–Crippen MR) is 171 cm³/mol. The number of aryl methyl sites for hydroxylation is 3. The van der Waals surface area contributed by atoms with Crippen LogP contribution in [0.3, 0.4) is 0 Å². The fourth-order valence-corrected chi connectivity index (χ4v) is 4.76. The maximum absolute atomic E-state index is 12.6. The third kappa shape index (κ3) is 11.9. The molecule has 1 aliphatic carbocycles. The van der Waals surface area contributed by atoms with E-state index in [1.807, 2.05) is 45.0 Å². The summed E-state index contributed by atoms with van der Waals surface area (Å²) in [6.45, 7) is 15.7. The normalized spacial score (nSPS) is 16.5. The van der Waals surface area contributed by atoms with Crippen LogP contribution in [0.4, 0.5) is 0 Å². The molecule has 1 fully saturated rings. The lowest BCUT2D eigenvalue weighted by atomic mass is 9.95. The van der Waals surface area contributed by atoms with E-state index < -0.39 is 18.2 Å². The summed E-state index contributed by atoms with van der Waals surface area (Å²) in [6.07, 6.45) is 3.97. The molecule has 0 N–H and O–H groups in total. The van der Waals surface area contributed by atoms with Crippen LogP contribution in [0.5, 0.6) is 17.2 Å². The maximum atomic E-state index is 12.6. The average molecular weight is 639 g/mol. The van der Waals surface area contributed by atoms with Gasteiger partial charge in [-0.15, -0.1) is 0 Å². The number of hydrogen-bond acceptors (Lipinski definition) is 10. The summed E-state index contributed by atoms with van der Waals surface area (Å²) in [5, 5.41) is 0. The van der Waals surface area contributed by atoms with Gasteiger partial charge in [0.25, 0.3) is 0 Å². The molecule has 0 saturated heterocycles. The fourth-order valence-electron chi connectivity index (χ4n) is 4.76. The second-order valence-electron chi connectivity index (χ2n) is 11.4. The molecule has 0 bridgehead atoms. The number of ether oxygens (including phenoxy) is 7. The summed E-state index contributed by atoms with van der Waals surface area (Å²) in [6, 6.07) is 10.9. The number of esters is 3. The van der Waals surface area contributed by atoms with Gasteiger partial charge in [-0.3, -0.25) is 4.79 Å². The van der Waals surface area contributed by atoms with Crippen molar-refractivity contribution in [1.82, 2.24) is 0 Å². The van der Waals surface area contributed by atoms with Crippen molar-refractivity contribution in [3.8, 4) is 17.2 Å². The molecule has 46 heavy (non-hydrogen) atoms. The molecule has 10 nitrogen and oxygen atoms in total. The lowest BCUT2D eigenvalue weighted by Crippen LogP contribution is -2.33. The Balaban J connectivity index is 1.37. The minimum atomic E-state index is -0.505. The molecule has 10 heteroatoms. The van der Waals surface area contributed by atoms with E-state index in [9.17, 15) is 14.4 Å². The smallest absolute Gasteiger partial charge is 0.335 e. The minimum Gasteiger partial charge on any atom is -0.465 e. The third-order valence-electron chi connectivity index (χ3n) is 7.44. The molecule has 0 amide bonds. The zero-order chi connectivity index (χ0) is 33.6. The first-order valence-corrected chi connectivity index (χ1v) is 15.6. The van der Waals surface area contributed by atoms with E-state index in [2.05, 4.69) is 13.2 Å². The lowest BCUT2D eigenvalue weighted by molar-refractivity contribution is -0.158. The highest BCUT2D eigenvalue weighted by Gasteiger charge is 2.27. The Morgan fingerprint density at radius 2 is 1.35 bits per heavy atom. The van der Waals surface area contributed by atoms with Crippen molar-refractivity contribution in [2.45, 2.75) is 98.1 Å². The Hall–Kier alpha value is -4.31. The first-order valence-electron chi connectivity index (χ1n) is 15.6. The SMILES string of the molecule is C=C(C)C(=O)OCOc1ccc(CCC(=O)OC2CCC(OC(CC)Oc3ccc(OCOC(=O)C(=C)C)cc3C)CC2)c(C)c1. The number of hydrogen-bond donors (Lipinski definition) is 0. The highest BCUT2D eigenvalue weighted by Crippen LogP contribution is 2.29. The van der Waals surface area contributed by atoms with E-state index in [0.29, 0.717) is 41.2 Å². The molecular weight excluding hydrogens is 592 g/mol. The Morgan fingerprint density at radius 1 is 0.804 bits per heavy atom. The van der Waals surface area contributed by atoms with Gasteiger partial charge >= 0.3 is 17.9 Å². The van der Waals surface area contributed by atoms with Gasteiger partial charge in [-0.25, -0.2) is 9.59 Å². The third-order valence-corrected chi connectivity index (χ3v) is 7.44. The molecule has 1 atom stereocenters. The first kappa shape index (κ1) is 36.2. The van der Waals surface area contributed by atoms with Crippen LogP contribution in [-0.2, 0) is 39.8 Å². The molecule has 3 rings (SSSR count). The Labute approximate surface area is 271 Å². The van der Waals surface area contributed by atoms with E-state index in [0.717, 1.165) is 42.4 Å². The topological polar surface area (TPSA) is 116 Å². The molecule has 1 saturated carbocycles. The van der Waals surface area contributed by atoms with Gasteiger partial charge in [-0.2, -0.15) is 0 Å². The van der Waals surface area contributed by atoms with Crippen LogP contribution < -0.4 is 14.2 Å². The summed E-state index contributed by atoms with van der Waals surface area (Å²) >= 11 is 0. The van der Waals surface area contributed by atoms with Crippen molar-refractivity contribution < 1.29 is 47.5 Å². The number of carbonyl (C=O) groups is 3. The highest BCUT2D eigenvalue weighted by molar-refractivity contribution is 5.87. The summed E-state index contributed by atoms with van der Waals surface area (Å²) in [5.74, 6) is 0.584. The van der Waals surface area contributed by atoms with Crippen molar-refractivity contribution >= 4 is 17.9 Å². The molecule has 0 aromatic heterocycles. The van der Waals surface area contributed by atoms with E-state index in [-0.39, 0.29) is 38.2 Å². The molecule has 250 valence electrons. The van der Waals surface area contributed by atoms with Gasteiger partial charge in [0.1, 0.15) is 23.4 Å². The second-order valence-corrected chi connectivity index (χ2v) is 11.4. The Morgan fingerprint density at radius 3 is 1.87 bits per heavy atom. The largest absolute Gasteiger partial charge is 0.465 e. The Bertz CT molecular complexity index is 1370. The van der Waals surface area contributed by atoms with Crippen LogP contribution in [0.2, 0.25) is 0 Å².